The van der Waals surface area contributed by atoms with Crippen molar-refractivity contribution < 1.29 is 17.9 Å². The topological polar surface area (TPSA) is 75.7 Å². The number of amides is 1. The van der Waals surface area contributed by atoms with Crippen LogP contribution in [0.15, 0.2) is 42.5 Å². The van der Waals surface area contributed by atoms with Gasteiger partial charge in [0, 0.05) is 24.7 Å². The Labute approximate surface area is 148 Å². The van der Waals surface area contributed by atoms with Gasteiger partial charge >= 0.3 is 0 Å². The fourth-order valence-electron chi connectivity index (χ4n) is 2.54. The van der Waals surface area contributed by atoms with Crippen LogP contribution in [0.5, 0.6) is 5.75 Å². The summed E-state index contributed by atoms with van der Waals surface area (Å²) in [4.78, 5) is 14.4. The summed E-state index contributed by atoms with van der Waals surface area (Å²) < 4.78 is 30.7. The third-order valence-corrected chi connectivity index (χ3v) is 4.40. The molecule has 0 radical (unpaired) electrons. The Hall–Kier alpha value is -2.54. The van der Waals surface area contributed by atoms with Crippen molar-refractivity contribution in [2.75, 3.05) is 25.1 Å². The van der Waals surface area contributed by atoms with Gasteiger partial charge in [0.2, 0.25) is 10.0 Å². The fraction of sp³-hybridized carbons (Fsp3) is 0.278. The van der Waals surface area contributed by atoms with Crippen molar-refractivity contribution in [2.24, 2.45) is 0 Å². The highest BCUT2D eigenvalue weighted by atomic mass is 32.2. The average molecular weight is 362 g/mol. The molecule has 2 aromatic carbocycles. The van der Waals surface area contributed by atoms with Gasteiger partial charge in [-0.15, -0.1) is 0 Å². The van der Waals surface area contributed by atoms with Crippen LogP contribution in [0, 0.1) is 6.92 Å². The Bertz CT molecular complexity index is 878. The normalized spacial score (nSPS) is 11.0. The summed E-state index contributed by atoms with van der Waals surface area (Å²) in [6, 6.07) is 12.5. The van der Waals surface area contributed by atoms with E-state index in [4.69, 9.17) is 4.74 Å². The number of methoxy groups -OCH3 is 1. The number of ether oxygens (including phenoxy) is 1. The maximum atomic E-state index is 12.8. The molecule has 0 aliphatic carbocycles. The highest BCUT2D eigenvalue weighted by Crippen LogP contribution is 2.23. The standard InChI is InChI=1S/C18H22N2O4S/c1-13-15(9-7-10-16(13)19-25(4,22)23)18(21)20(2)12-14-8-5-6-11-17(14)24-3/h5-11,19H,12H2,1-4H3. The Balaban J connectivity index is 2.26. The van der Waals surface area contributed by atoms with Crippen molar-refractivity contribution in [3.8, 4) is 5.75 Å². The van der Waals surface area contributed by atoms with Crippen molar-refractivity contribution in [1.29, 1.82) is 0 Å². The number of sulfonamides is 1. The van der Waals surface area contributed by atoms with Gasteiger partial charge in [-0.25, -0.2) is 8.42 Å². The molecule has 1 N–H and O–H groups in total. The summed E-state index contributed by atoms with van der Waals surface area (Å²) in [6.45, 7) is 2.10. The molecular formula is C18H22N2O4S. The number of benzene rings is 2. The minimum atomic E-state index is -3.41. The van der Waals surface area contributed by atoms with Gasteiger partial charge in [0.25, 0.3) is 5.91 Å². The summed E-state index contributed by atoms with van der Waals surface area (Å²) in [6.07, 6.45) is 1.08. The first kappa shape index (κ1) is 18.8. The van der Waals surface area contributed by atoms with Crippen molar-refractivity contribution in [3.63, 3.8) is 0 Å². The predicted octanol–water partition coefficient (Wildman–Crippen LogP) is 2.65. The van der Waals surface area contributed by atoms with E-state index in [1.54, 1.807) is 44.2 Å². The summed E-state index contributed by atoms with van der Waals surface area (Å²) in [7, 11) is -0.124. The van der Waals surface area contributed by atoms with Crippen molar-refractivity contribution in [1.82, 2.24) is 4.90 Å². The molecule has 2 aromatic rings. The van der Waals surface area contributed by atoms with Crippen LogP contribution < -0.4 is 9.46 Å². The van der Waals surface area contributed by atoms with Gasteiger partial charge in [-0.2, -0.15) is 0 Å². The summed E-state index contributed by atoms with van der Waals surface area (Å²) in [5.41, 5.74) is 2.33. The van der Waals surface area contributed by atoms with Gasteiger partial charge in [-0.1, -0.05) is 24.3 Å². The maximum absolute atomic E-state index is 12.8. The second-order valence-corrected chi connectivity index (χ2v) is 7.57. The second kappa shape index (κ2) is 7.57. The smallest absolute Gasteiger partial charge is 0.254 e. The average Bonchev–Trinajstić information content (AvgIpc) is 2.55. The molecule has 25 heavy (non-hydrogen) atoms. The minimum absolute atomic E-state index is 0.194. The second-order valence-electron chi connectivity index (χ2n) is 5.83. The summed E-state index contributed by atoms with van der Waals surface area (Å²) in [5, 5.41) is 0. The predicted molar refractivity (Wildman–Crippen MR) is 98.4 cm³/mol. The van der Waals surface area contributed by atoms with Crippen LogP contribution in [-0.2, 0) is 16.6 Å². The van der Waals surface area contributed by atoms with Gasteiger partial charge in [0.15, 0.2) is 0 Å². The molecule has 0 aliphatic heterocycles. The third kappa shape index (κ3) is 4.73. The highest BCUT2D eigenvalue weighted by Gasteiger charge is 2.18. The third-order valence-electron chi connectivity index (χ3n) is 3.81. The number of anilines is 1. The molecular weight excluding hydrogens is 340 g/mol. The van der Waals surface area contributed by atoms with Gasteiger partial charge in [-0.3, -0.25) is 9.52 Å². The number of carbonyl (C=O) groups is 1. The van der Waals surface area contributed by atoms with Crippen LogP contribution in [-0.4, -0.2) is 39.6 Å². The fourth-order valence-corrected chi connectivity index (χ4v) is 3.16. The zero-order valence-corrected chi connectivity index (χ0v) is 15.6. The van der Waals surface area contributed by atoms with Crippen molar-refractivity contribution >= 4 is 21.6 Å². The maximum Gasteiger partial charge on any atom is 0.254 e. The van der Waals surface area contributed by atoms with Crippen LogP contribution in [0.4, 0.5) is 5.69 Å². The molecule has 0 aliphatic rings. The first-order chi connectivity index (χ1) is 11.7. The monoisotopic (exact) mass is 362 g/mol. The molecule has 6 nitrogen and oxygen atoms in total. The van der Waals surface area contributed by atoms with Gasteiger partial charge in [0.1, 0.15) is 5.75 Å². The Morgan fingerprint density at radius 3 is 2.48 bits per heavy atom. The summed E-state index contributed by atoms with van der Waals surface area (Å²) >= 11 is 0. The number of carbonyl (C=O) groups excluding carboxylic acids is 1. The molecule has 0 saturated carbocycles. The number of rotatable bonds is 6. The van der Waals surface area contributed by atoms with Crippen LogP contribution >= 0.6 is 0 Å². The molecule has 0 spiro atoms. The van der Waals surface area contributed by atoms with Crippen LogP contribution in [0.25, 0.3) is 0 Å². The van der Waals surface area contributed by atoms with Crippen molar-refractivity contribution in [2.45, 2.75) is 13.5 Å². The zero-order chi connectivity index (χ0) is 18.6. The Morgan fingerprint density at radius 2 is 1.84 bits per heavy atom. The van der Waals surface area contributed by atoms with E-state index < -0.39 is 10.0 Å². The van der Waals surface area contributed by atoms with Crippen molar-refractivity contribution in [3.05, 3.63) is 59.2 Å². The molecule has 0 saturated heterocycles. The van der Waals surface area contributed by atoms with E-state index in [1.807, 2.05) is 24.3 Å². The number of nitrogens with one attached hydrogen (secondary N) is 1. The lowest BCUT2D eigenvalue weighted by Crippen LogP contribution is -2.27. The number of hydrogen-bond donors (Lipinski definition) is 1. The highest BCUT2D eigenvalue weighted by molar-refractivity contribution is 7.92. The van der Waals surface area contributed by atoms with E-state index in [0.717, 1.165) is 11.8 Å². The van der Waals surface area contributed by atoms with E-state index in [0.29, 0.717) is 29.1 Å². The molecule has 0 bridgehead atoms. The molecule has 0 aromatic heterocycles. The van der Waals surface area contributed by atoms with Crippen LogP contribution in [0.3, 0.4) is 0 Å². The van der Waals surface area contributed by atoms with Gasteiger partial charge < -0.3 is 9.64 Å². The van der Waals surface area contributed by atoms with Gasteiger partial charge in [-0.05, 0) is 30.7 Å². The lowest BCUT2D eigenvalue weighted by Gasteiger charge is -2.20. The van der Waals surface area contributed by atoms with Crippen LogP contribution in [0.2, 0.25) is 0 Å². The lowest BCUT2D eigenvalue weighted by atomic mass is 10.1. The first-order valence-electron chi connectivity index (χ1n) is 7.67. The molecule has 7 heteroatoms. The molecule has 2 rings (SSSR count). The number of hydrogen-bond acceptors (Lipinski definition) is 4. The van der Waals surface area contributed by atoms with E-state index in [1.165, 1.54) is 0 Å². The Kier molecular flexibility index (Phi) is 5.69. The van der Waals surface area contributed by atoms with Crippen LogP contribution in [0.1, 0.15) is 21.5 Å². The molecule has 0 unspecified atom stereocenters. The number of nitrogens with zero attached hydrogens (tertiary/aromatic N) is 1. The molecule has 0 atom stereocenters. The largest absolute Gasteiger partial charge is 0.496 e. The SMILES string of the molecule is COc1ccccc1CN(C)C(=O)c1cccc(NS(C)(=O)=O)c1C. The molecule has 134 valence electrons. The van der Waals surface area contributed by atoms with E-state index in [-0.39, 0.29) is 5.91 Å². The van der Waals surface area contributed by atoms with E-state index in [2.05, 4.69) is 4.72 Å². The van der Waals surface area contributed by atoms with E-state index >= 15 is 0 Å². The minimum Gasteiger partial charge on any atom is -0.496 e. The lowest BCUT2D eigenvalue weighted by molar-refractivity contribution is 0.0783. The molecule has 0 heterocycles. The Morgan fingerprint density at radius 1 is 1.16 bits per heavy atom. The quantitative estimate of drug-likeness (QED) is 0.857. The number of para-hydroxylation sites is 1. The van der Waals surface area contributed by atoms with Gasteiger partial charge in [0.05, 0.1) is 19.1 Å². The van der Waals surface area contributed by atoms with E-state index in [9.17, 15) is 13.2 Å². The molecule has 0 fully saturated rings. The zero-order valence-electron chi connectivity index (χ0n) is 14.7. The molecule has 1 amide bonds. The first-order valence-corrected chi connectivity index (χ1v) is 9.57. The summed E-state index contributed by atoms with van der Waals surface area (Å²) in [5.74, 6) is 0.520.